The molecule has 0 saturated carbocycles. The topological polar surface area (TPSA) is 63.4 Å². The number of hydrogen-bond acceptors (Lipinski definition) is 5. The minimum Gasteiger partial charge on any atom is -0.336 e. The maximum Gasteiger partial charge on any atom is 0.293 e. The molecule has 1 saturated heterocycles. The van der Waals surface area contributed by atoms with Gasteiger partial charge in [-0.2, -0.15) is 4.52 Å². The van der Waals surface area contributed by atoms with E-state index in [1.165, 1.54) is 16.9 Å². The Balaban J connectivity index is 1.73. The summed E-state index contributed by atoms with van der Waals surface area (Å²) < 4.78 is 1.75. The van der Waals surface area contributed by atoms with E-state index in [-0.39, 0.29) is 5.91 Å². The Morgan fingerprint density at radius 3 is 2.78 bits per heavy atom. The van der Waals surface area contributed by atoms with Crippen LogP contribution in [0.2, 0.25) is 0 Å². The third kappa shape index (κ3) is 1.86. The van der Waals surface area contributed by atoms with Crippen LogP contribution in [0.5, 0.6) is 0 Å². The molecular weight excluding hydrogens is 310 g/mol. The number of amides is 1. The largest absolute Gasteiger partial charge is 0.336 e. The van der Waals surface area contributed by atoms with Crippen LogP contribution in [0.3, 0.4) is 0 Å². The van der Waals surface area contributed by atoms with Gasteiger partial charge in [0.05, 0.1) is 5.39 Å². The van der Waals surface area contributed by atoms with Crippen LogP contribution in [-0.4, -0.2) is 43.5 Å². The van der Waals surface area contributed by atoms with Crippen molar-refractivity contribution in [3.05, 3.63) is 22.1 Å². The fourth-order valence-corrected chi connectivity index (χ4v) is 5.05. The van der Waals surface area contributed by atoms with E-state index in [0.29, 0.717) is 5.82 Å². The molecule has 0 atom stereocenters. The molecule has 23 heavy (non-hydrogen) atoms. The molecule has 0 spiro atoms. The van der Waals surface area contributed by atoms with E-state index in [1.54, 1.807) is 15.9 Å². The van der Waals surface area contributed by atoms with Gasteiger partial charge in [-0.25, -0.2) is 9.97 Å². The Morgan fingerprint density at radius 1 is 1.13 bits per heavy atom. The molecule has 3 aromatic rings. The number of nitrogens with zero attached hydrogens (tertiary/aromatic N) is 5. The first-order valence-electron chi connectivity index (χ1n) is 8.19. The Labute approximate surface area is 137 Å². The van der Waals surface area contributed by atoms with E-state index in [4.69, 9.17) is 4.98 Å². The van der Waals surface area contributed by atoms with Crippen molar-refractivity contribution in [1.82, 2.24) is 24.5 Å². The van der Waals surface area contributed by atoms with E-state index in [0.717, 1.165) is 60.5 Å². The lowest BCUT2D eigenvalue weighted by Crippen LogP contribution is -2.28. The summed E-state index contributed by atoms with van der Waals surface area (Å²) in [4.78, 5) is 26.2. The highest BCUT2D eigenvalue weighted by molar-refractivity contribution is 7.19. The lowest BCUT2D eigenvalue weighted by atomic mass is 10.2. The minimum atomic E-state index is -0.0503. The van der Waals surface area contributed by atoms with E-state index >= 15 is 0 Å². The fourth-order valence-electron chi connectivity index (χ4n) is 3.75. The molecule has 5 rings (SSSR count). The normalized spacial score (nSPS) is 17.5. The van der Waals surface area contributed by atoms with Crippen molar-refractivity contribution < 1.29 is 4.79 Å². The number of rotatable bonds is 1. The molecule has 0 radical (unpaired) electrons. The van der Waals surface area contributed by atoms with Gasteiger partial charge < -0.3 is 4.90 Å². The Morgan fingerprint density at radius 2 is 1.96 bits per heavy atom. The molecule has 0 unspecified atom stereocenters. The average molecular weight is 327 g/mol. The highest BCUT2D eigenvalue weighted by Gasteiger charge is 2.27. The van der Waals surface area contributed by atoms with Gasteiger partial charge in [-0.15, -0.1) is 16.4 Å². The molecule has 0 aromatic carbocycles. The van der Waals surface area contributed by atoms with Gasteiger partial charge in [0.1, 0.15) is 10.7 Å². The summed E-state index contributed by atoms with van der Waals surface area (Å²) >= 11 is 1.77. The van der Waals surface area contributed by atoms with Crippen molar-refractivity contribution in [2.75, 3.05) is 13.1 Å². The molecule has 1 amide bonds. The quantitative estimate of drug-likeness (QED) is 0.688. The molecular formula is C16H17N5OS. The molecule has 4 heterocycles. The van der Waals surface area contributed by atoms with E-state index < -0.39 is 0 Å². The van der Waals surface area contributed by atoms with Crippen molar-refractivity contribution in [1.29, 1.82) is 0 Å². The zero-order valence-electron chi connectivity index (χ0n) is 13.0. The third-order valence-corrected chi connectivity index (χ3v) is 6.07. The fraction of sp³-hybridized carbons (Fsp3) is 0.500. The van der Waals surface area contributed by atoms with Crippen LogP contribution in [0.15, 0.2) is 0 Å². The van der Waals surface area contributed by atoms with Crippen molar-refractivity contribution in [2.24, 2.45) is 0 Å². The van der Waals surface area contributed by atoms with Gasteiger partial charge in [-0.3, -0.25) is 4.79 Å². The molecule has 3 aromatic heterocycles. The summed E-state index contributed by atoms with van der Waals surface area (Å²) in [6.45, 7) is 3.56. The number of carbonyl (C=O) groups excluding carboxylic acids is 1. The molecule has 0 bridgehead atoms. The van der Waals surface area contributed by atoms with Gasteiger partial charge >= 0.3 is 0 Å². The Hall–Kier alpha value is -2.02. The Bertz CT molecular complexity index is 951. The van der Waals surface area contributed by atoms with Crippen LogP contribution >= 0.6 is 11.3 Å². The molecule has 1 aliphatic carbocycles. The second kappa shape index (κ2) is 4.74. The summed E-state index contributed by atoms with van der Waals surface area (Å²) in [5.74, 6) is 1.05. The number of likely N-dealkylation sites (tertiary alicyclic amines) is 1. The van der Waals surface area contributed by atoms with Crippen LogP contribution < -0.4 is 0 Å². The number of thiophene rings is 1. The summed E-state index contributed by atoms with van der Waals surface area (Å²) in [5.41, 5.74) is 2.17. The first-order valence-corrected chi connectivity index (χ1v) is 9.01. The molecule has 1 aliphatic heterocycles. The van der Waals surface area contributed by atoms with Gasteiger partial charge in [0, 0.05) is 18.0 Å². The van der Waals surface area contributed by atoms with Crippen molar-refractivity contribution >= 4 is 33.1 Å². The van der Waals surface area contributed by atoms with Crippen molar-refractivity contribution in [2.45, 2.75) is 39.0 Å². The number of carbonyl (C=O) groups is 1. The standard InChI is InChI=1S/C16H17N5OS/c1-9-17-15-12(10-5-4-6-11(10)23-15)14-18-13(19-21(9)14)16(22)20-7-2-3-8-20/h2-8H2,1H3. The highest BCUT2D eigenvalue weighted by Crippen LogP contribution is 2.38. The molecule has 6 nitrogen and oxygen atoms in total. The van der Waals surface area contributed by atoms with E-state index in [2.05, 4.69) is 10.1 Å². The lowest BCUT2D eigenvalue weighted by molar-refractivity contribution is 0.0781. The van der Waals surface area contributed by atoms with Crippen LogP contribution in [0, 0.1) is 6.92 Å². The zero-order valence-corrected chi connectivity index (χ0v) is 13.8. The highest BCUT2D eigenvalue weighted by atomic mass is 32.1. The Kier molecular flexibility index (Phi) is 2.76. The smallest absolute Gasteiger partial charge is 0.293 e. The van der Waals surface area contributed by atoms with Crippen LogP contribution in [0.25, 0.3) is 15.9 Å². The number of aryl methyl sites for hydroxylation is 3. The monoisotopic (exact) mass is 327 g/mol. The average Bonchev–Trinajstić information content (AvgIpc) is 3.28. The van der Waals surface area contributed by atoms with Crippen molar-refractivity contribution in [3.8, 4) is 0 Å². The summed E-state index contributed by atoms with van der Waals surface area (Å²) in [5, 5.41) is 5.58. The predicted octanol–water partition coefficient (Wildman–Crippen LogP) is 2.37. The molecule has 2 aliphatic rings. The maximum absolute atomic E-state index is 12.6. The van der Waals surface area contributed by atoms with Gasteiger partial charge in [-0.05, 0) is 44.6 Å². The lowest BCUT2D eigenvalue weighted by Gasteiger charge is -2.11. The molecule has 0 N–H and O–H groups in total. The maximum atomic E-state index is 12.6. The molecule has 1 fully saturated rings. The summed E-state index contributed by atoms with van der Waals surface area (Å²) in [6, 6.07) is 0. The van der Waals surface area contributed by atoms with Crippen molar-refractivity contribution in [3.63, 3.8) is 0 Å². The van der Waals surface area contributed by atoms with Gasteiger partial charge in [0.15, 0.2) is 5.65 Å². The van der Waals surface area contributed by atoms with Gasteiger partial charge in [0.25, 0.3) is 5.91 Å². The van der Waals surface area contributed by atoms with E-state index in [9.17, 15) is 4.79 Å². The SMILES string of the molecule is Cc1nc2sc3c(c2c2nc(C(=O)N4CCCC4)nn12)CCC3. The second-order valence-electron chi connectivity index (χ2n) is 6.37. The van der Waals surface area contributed by atoms with Crippen LogP contribution in [0.1, 0.15) is 46.1 Å². The molecule has 7 heteroatoms. The first kappa shape index (κ1) is 13.4. The number of fused-ring (bicyclic) bond motifs is 5. The second-order valence-corrected chi connectivity index (χ2v) is 7.45. The number of hydrogen-bond donors (Lipinski definition) is 0. The summed E-state index contributed by atoms with van der Waals surface area (Å²) in [6.07, 6.45) is 5.56. The summed E-state index contributed by atoms with van der Waals surface area (Å²) in [7, 11) is 0. The minimum absolute atomic E-state index is 0.0503. The van der Waals surface area contributed by atoms with E-state index in [1.807, 2.05) is 11.8 Å². The van der Waals surface area contributed by atoms with Gasteiger partial charge in [0.2, 0.25) is 5.82 Å². The predicted molar refractivity (Wildman–Crippen MR) is 88.1 cm³/mol. The third-order valence-electron chi connectivity index (χ3n) is 4.89. The first-order chi connectivity index (χ1) is 11.2. The van der Waals surface area contributed by atoms with Crippen LogP contribution in [0.4, 0.5) is 0 Å². The van der Waals surface area contributed by atoms with Gasteiger partial charge in [-0.1, -0.05) is 0 Å². The zero-order chi connectivity index (χ0) is 15.6. The molecule has 118 valence electrons. The number of aromatic nitrogens is 4. The van der Waals surface area contributed by atoms with Crippen LogP contribution in [-0.2, 0) is 12.8 Å².